The van der Waals surface area contributed by atoms with Crippen molar-refractivity contribution in [1.82, 2.24) is 0 Å². The van der Waals surface area contributed by atoms with E-state index in [9.17, 15) is 4.39 Å². The smallest absolute Gasteiger partial charge is 0.123 e. The van der Waals surface area contributed by atoms with Gasteiger partial charge >= 0.3 is 0 Å². The lowest BCUT2D eigenvalue weighted by atomic mass is 9.86. The first kappa shape index (κ1) is 21.1. The van der Waals surface area contributed by atoms with Crippen LogP contribution in [0.2, 0.25) is 0 Å². The van der Waals surface area contributed by atoms with Crippen LogP contribution in [0.15, 0.2) is 78.9 Å². The van der Waals surface area contributed by atoms with Crippen LogP contribution in [0, 0.1) is 11.7 Å². The molecule has 4 atom stereocenters. The lowest BCUT2D eigenvalue weighted by Gasteiger charge is -2.30. The summed E-state index contributed by atoms with van der Waals surface area (Å²) in [6.45, 7) is 2.57. The number of rotatable bonds is 8. The minimum Gasteiger partial charge on any atom is -0.494 e. The van der Waals surface area contributed by atoms with Gasteiger partial charge in [-0.2, -0.15) is 12.6 Å². The highest BCUT2D eigenvalue weighted by atomic mass is 35.5. The van der Waals surface area contributed by atoms with Crippen molar-refractivity contribution in [3.05, 3.63) is 95.8 Å². The van der Waals surface area contributed by atoms with E-state index < -0.39 is 4.75 Å². The Morgan fingerprint density at radius 1 is 0.933 bits per heavy atom. The monoisotopic (exact) mass is 442 g/mol. The summed E-state index contributed by atoms with van der Waals surface area (Å²) in [5.74, 6) is 1.34. The SMILES string of the molecule is CCOc1ccc(C(S)(Cc2ccc(F)cc2)C2C(Cl)C2Oc2ccccc2)cc1. The van der Waals surface area contributed by atoms with Gasteiger partial charge in [0.25, 0.3) is 0 Å². The van der Waals surface area contributed by atoms with Gasteiger partial charge in [0.05, 0.1) is 12.0 Å². The van der Waals surface area contributed by atoms with Crippen LogP contribution < -0.4 is 9.47 Å². The zero-order valence-electron chi connectivity index (χ0n) is 16.7. The van der Waals surface area contributed by atoms with Crippen molar-refractivity contribution in [3.8, 4) is 11.5 Å². The summed E-state index contributed by atoms with van der Waals surface area (Å²) < 4.78 is 24.6. The van der Waals surface area contributed by atoms with Crippen molar-refractivity contribution in [3.63, 3.8) is 0 Å². The highest BCUT2D eigenvalue weighted by Gasteiger charge is 2.62. The van der Waals surface area contributed by atoms with Crippen LogP contribution in [0.25, 0.3) is 0 Å². The number of para-hydroxylation sites is 1. The zero-order valence-corrected chi connectivity index (χ0v) is 18.3. The molecule has 30 heavy (non-hydrogen) atoms. The fourth-order valence-corrected chi connectivity index (χ4v) is 5.12. The first-order chi connectivity index (χ1) is 14.5. The molecule has 0 aromatic heterocycles. The fraction of sp³-hybridized carbons (Fsp3) is 0.280. The summed E-state index contributed by atoms with van der Waals surface area (Å²) in [5, 5.41) is -0.172. The zero-order chi connectivity index (χ0) is 21.1. The number of hydrogen-bond acceptors (Lipinski definition) is 3. The number of ether oxygens (including phenoxy) is 2. The minimum absolute atomic E-state index is 0.00861. The van der Waals surface area contributed by atoms with E-state index in [1.54, 1.807) is 12.1 Å². The predicted molar refractivity (Wildman–Crippen MR) is 122 cm³/mol. The van der Waals surface area contributed by atoms with Crippen LogP contribution in [0.3, 0.4) is 0 Å². The number of benzene rings is 3. The third kappa shape index (κ3) is 4.45. The maximum atomic E-state index is 13.4. The van der Waals surface area contributed by atoms with Crippen LogP contribution in [0.1, 0.15) is 18.1 Å². The largest absolute Gasteiger partial charge is 0.494 e. The third-order valence-electron chi connectivity index (χ3n) is 5.49. The Hall–Kier alpha value is -2.17. The summed E-state index contributed by atoms with van der Waals surface area (Å²) in [6, 6.07) is 24.2. The van der Waals surface area contributed by atoms with Crippen molar-refractivity contribution in [2.45, 2.75) is 29.6 Å². The maximum absolute atomic E-state index is 13.4. The molecule has 3 aromatic rings. The molecule has 0 spiro atoms. The molecule has 4 rings (SSSR count). The average Bonchev–Trinajstić information content (AvgIpc) is 3.40. The molecule has 0 bridgehead atoms. The van der Waals surface area contributed by atoms with Crippen LogP contribution in [-0.4, -0.2) is 18.1 Å². The van der Waals surface area contributed by atoms with E-state index >= 15 is 0 Å². The maximum Gasteiger partial charge on any atom is 0.123 e. The van der Waals surface area contributed by atoms with Crippen LogP contribution in [0.4, 0.5) is 4.39 Å². The standard InChI is InChI=1S/C25H24ClFO2S/c1-2-28-20-14-10-18(11-15-20)25(30,16-17-8-12-19(27)13-9-17)22-23(26)24(22)29-21-6-4-3-5-7-21/h3-15,22-24,30H,2,16H2,1H3. The Morgan fingerprint density at radius 2 is 1.60 bits per heavy atom. The number of halogens is 2. The van der Waals surface area contributed by atoms with Crippen LogP contribution >= 0.6 is 24.2 Å². The molecular weight excluding hydrogens is 419 g/mol. The number of thiol groups is 1. The lowest BCUT2D eigenvalue weighted by molar-refractivity contribution is 0.269. The van der Waals surface area contributed by atoms with E-state index in [0.717, 1.165) is 22.6 Å². The van der Waals surface area contributed by atoms with Crippen LogP contribution in [-0.2, 0) is 11.2 Å². The molecule has 5 heteroatoms. The van der Waals surface area contributed by atoms with Gasteiger partial charge in [0.15, 0.2) is 0 Å². The molecule has 3 aromatic carbocycles. The van der Waals surface area contributed by atoms with Crippen molar-refractivity contribution in [1.29, 1.82) is 0 Å². The van der Waals surface area contributed by atoms with Gasteiger partial charge in [0.1, 0.15) is 23.4 Å². The molecule has 1 aliphatic carbocycles. The Bertz CT molecular complexity index is 965. The Morgan fingerprint density at radius 3 is 2.23 bits per heavy atom. The summed E-state index contributed by atoms with van der Waals surface area (Å²) in [5.41, 5.74) is 2.03. The van der Waals surface area contributed by atoms with Crippen molar-refractivity contribution < 1.29 is 13.9 Å². The third-order valence-corrected chi connectivity index (χ3v) is 6.72. The molecule has 0 heterocycles. The van der Waals surface area contributed by atoms with Gasteiger partial charge in [-0.25, -0.2) is 4.39 Å². The topological polar surface area (TPSA) is 18.5 Å². The molecule has 4 unspecified atom stereocenters. The van der Waals surface area contributed by atoms with E-state index in [2.05, 4.69) is 0 Å². The molecule has 1 aliphatic rings. The molecular formula is C25H24ClFO2S. The highest BCUT2D eigenvalue weighted by molar-refractivity contribution is 7.81. The van der Waals surface area contributed by atoms with Crippen LogP contribution in [0.5, 0.6) is 11.5 Å². The Labute approximate surface area is 187 Å². The van der Waals surface area contributed by atoms with E-state index in [1.165, 1.54) is 12.1 Å². The van der Waals surface area contributed by atoms with Gasteiger partial charge in [-0.05, 0) is 60.9 Å². The average molecular weight is 443 g/mol. The molecule has 0 radical (unpaired) electrons. The van der Waals surface area contributed by atoms with Gasteiger partial charge in [0.2, 0.25) is 0 Å². The second-order valence-corrected chi connectivity index (χ2v) is 8.85. The van der Waals surface area contributed by atoms with Crippen molar-refractivity contribution in [2.24, 2.45) is 5.92 Å². The number of alkyl halides is 1. The van der Waals surface area contributed by atoms with E-state index in [4.69, 9.17) is 33.7 Å². The second-order valence-electron chi connectivity index (χ2n) is 7.55. The molecule has 0 aliphatic heterocycles. The first-order valence-electron chi connectivity index (χ1n) is 10.1. The molecule has 0 amide bonds. The molecule has 1 fully saturated rings. The molecule has 0 N–H and O–H groups in total. The lowest BCUT2D eigenvalue weighted by Crippen LogP contribution is -2.28. The molecule has 1 saturated carbocycles. The second kappa shape index (κ2) is 8.91. The quantitative estimate of drug-likeness (QED) is 0.327. The Kier molecular flexibility index (Phi) is 6.26. The summed E-state index contributed by atoms with van der Waals surface area (Å²) >= 11 is 11.9. The van der Waals surface area contributed by atoms with E-state index in [-0.39, 0.29) is 23.2 Å². The molecule has 156 valence electrons. The highest BCUT2D eigenvalue weighted by Crippen LogP contribution is 2.56. The fourth-order valence-electron chi connectivity index (χ4n) is 3.91. The predicted octanol–water partition coefficient (Wildman–Crippen LogP) is 6.28. The van der Waals surface area contributed by atoms with Gasteiger partial charge in [-0.1, -0.05) is 42.5 Å². The summed E-state index contributed by atoms with van der Waals surface area (Å²) in [7, 11) is 0. The van der Waals surface area contributed by atoms with Gasteiger partial charge in [0, 0.05) is 10.7 Å². The molecule has 2 nitrogen and oxygen atoms in total. The summed E-state index contributed by atoms with van der Waals surface area (Å²) in [6.07, 6.45) is 0.450. The normalized spacial score (nSPS) is 22.2. The van der Waals surface area contributed by atoms with Crippen molar-refractivity contribution in [2.75, 3.05) is 6.61 Å². The van der Waals surface area contributed by atoms with Crippen molar-refractivity contribution >= 4 is 24.2 Å². The minimum atomic E-state index is -0.575. The molecule has 0 saturated heterocycles. The summed E-state index contributed by atoms with van der Waals surface area (Å²) in [4.78, 5) is 0. The van der Waals surface area contributed by atoms with E-state index in [1.807, 2.05) is 61.5 Å². The number of hydrogen-bond donors (Lipinski definition) is 1. The Balaban J connectivity index is 1.63. The van der Waals surface area contributed by atoms with E-state index in [0.29, 0.717) is 13.0 Å². The van der Waals surface area contributed by atoms with Gasteiger partial charge < -0.3 is 9.47 Å². The first-order valence-corrected chi connectivity index (χ1v) is 11.0. The van der Waals surface area contributed by atoms with Gasteiger partial charge in [-0.15, -0.1) is 11.6 Å². The van der Waals surface area contributed by atoms with Gasteiger partial charge in [-0.3, -0.25) is 0 Å².